The van der Waals surface area contributed by atoms with Crippen LogP contribution >= 0.6 is 35.0 Å². The highest BCUT2D eigenvalue weighted by atomic mass is 35.5. The molecule has 1 amide bonds. The van der Waals surface area contributed by atoms with Gasteiger partial charge in [0.2, 0.25) is 5.91 Å². The Labute approximate surface area is 171 Å². The molecule has 2 rings (SSSR count). The van der Waals surface area contributed by atoms with Gasteiger partial charge in [-0.3, -0.25) is 14.4 Å². The van der Waals surface area contributed by atoms with Gasteiger partial charge in [0, 0.05) is 33.0 Å². The molecule has 0 atom stereocenters. The molecule has 0 saturated carbocycles. The van der Waals surface area contributed by atoms with Gasteiger partial charge in [0.1, 0.15) is 0 Å². The number of ether oxygens (including phenoxy) is 1. The van der Waals surface area contributed by atoms with Crippen LogP contribution in [0.25, 0.3) is 0 Å². The van der Waals surface area contributed by atoms with Crippen molar-refractivity contribution in [3.63, 3.8) is 0 Å². The fraction of sp³-hybridized carbons (Fsp3) is 0.211. The number of hydrogen-bond donors (Lipinski definition) is 1. The summed E-state index contributed by atoms with van der Waals surface area (Å²) in [5.74, 6) is -1.23. The summed E-state index contributed by atoms with van der Waals surface area (Å²) in [4.78, 5) is 36.5. The Hall–Kier alpha value is -2.02. The van der Waals surface area contributed by atoms with E-state index in [9.17, 15) is 14.4 Å². The van der Waals surface area contributed by atoms with Crippen molar-refractivity contribution in [3.05, 3.63) is 57.6 Å². The van der Waals surface area contributed by atoms with Gasteiger partial charge in [-0.25, -0.2) is 0 Å². The van der Waals surface area contributed by atoms with Gasteiger partial charge in [-0.15, -0.1) is 11.8 Å². The van der Waals surface area contributed by atoms with E-state index >= 15 is 0 Å². The van der Waals surface area contributed by atoms with Gasteiger partial charge in [-0.1, -0.05) is 35.3 Å². The van der Waals surface area contributed by atoms with Gasteiger partial charge in [-0.05, 0) is 30.5 Å². The van der Waals surface area contributed by atoms with Crippen molar-refractivity contribution in [1.82, 2.24) is 0 Å². The molecule has 2 aromatic carbocycles. The lowest BCUT2D eigenvalue weighted by Crippen LogP contribution is -2.16. The molecule has 0 radical (unpaired) electrons. The molecule has 5 nitrogen and oxygen atoms in total. The lowest BCUT2D eigenvalue weighted by atomic mass is 10.1. The fourth-order valence-electron chi connectivity index (χ4n) is 2.29. The topological polar surface area (TPSA) is 72.5 Å². The van der Waals surface area contributed by atoms with Gasteiger partial charge < -0.3 is 10.1 Å². The standard InChI is InChI=1S/C19H17Cl2NO4S/c1-11(23)22-16-8-12(6-7-18(16)27-2)17(24)10-26-19(25)9-13-14(20)4-3-5-15(13)21/h3-8H,9-10H2,1-2H3,(H,22,23). The SMILES string of the molecule is CSc1ccc(C(=O)COC(=O)Cc2c(Cl)cccc2Cl)cc1NC(C)=O. The Kier molecular flexibility index (Phi) is 7.71. The van der Waals surface area contributed by atoms with E-state index in [4.69, 9.17) is 27.9 Å². The number of esters is 1. The summed E-state index contributed by atoms with van der Waals surface area (Å²) in [6.07, 6.45) is 1.73. The highest BCUT2D eigenvalue weighted by Crippen LogP contribution is 2.27. The Morgan fingerprint density at radius 2 is 1.78 bits per heavy atom. The largest absolute Gasteiger partial charge is 0.457 e. The molecule has 8 heteroatoms. The van der Waals surface area contributed by atoms with E-state index in [1.807, 2.05) is 6.26 Å². The number of ketones is 1. The molecule has 0 bridgehead atoms. The van der Waals surface area contributed by atoms with Crippen LogP contribution in [0.2, 0.25) is 10.0 Å². The first-order chi connectivity index (χ1) is 12.8. The summed E-state index contributed by atoms with van der Waals surface area (Å²) in [6, 6.07) is 9.84. The minimum atomic E-state index is -0.610. The highest BCUT2D eigenvalue weighted by molar-refractivity contribution is 7.98. The lowest BCUT2D eigenvalue weighted by Gasteiger charge is -2.11. The van der Waals surface area contributed by atoms with Crippen LogP contribution in [-0.2, 0) is 20.7 Å². The molecular formula is C19H17Cl2NO4S. The quantitative estimate of drug-likeness (QED) is 0.397. The number of amides is 1. The number of halogens is 2. The Morgan fingerprint density at radius 1 is 1.11 bits per heavy atom. The zero-order chi connectivity index (χ0) is 20.0. The van der Waals surface area contributed by atoms with E-state index in [-0.39, 0.29) is 18.1 Å². The van der Waals surface area contributed by atoms with Crippen molar-refractivity contribution in [2.75, 3.05) is 18.2 Å². The molecule has 0 spiro atoms. The second-order valence-corrected chi connectivity index (χ2v) is 7.22. The maximum Gasteiger partial charge on any atom is 0.310 e. The molecule has 0 heterocycles. The van der Waals surface area contributed by atoms with Crippen LogP contribution in [0.3, 0.4) is 0 Å². The van der Waals surface area contributed by atoms with Crippen LogP contribution in [-0.4, -0.2) is 30.5 Å². The number of carbonyl (C=O) groups excluding carboxylic acids is 3. The van der Waals surface area contributed by atoms with Crippen molar-refractivity contribution in [2.24, 2.45) is 0 Å². The van der Waals surface area contributed by atoms with Gasteiger partial charge >= 0.3 is 5.97 Å². The number of Topliss-reactive ketones (excluding diaryl/α,β-unsaturated/α-hetero) is 1. The van der Waals surface area contributed by atoms with E-state index in [0.717, 1.165) is 4.90 Å². The van der Waals surface area contributed by atoms with Gasteiger partial charge in [-0.2, -0.15) is 0 Å². The lowest BCUT2D eigenvalue weighted by molar-refractivity contribution is -0.141. The Balaban J connectivity index is 2.03. The third-order valence-corrected chi connectivity index (χ3v) is 5.08. The average Bonchev–Trinajstić information content (AvgIpc) is 2.62. The molecule has 0 saturated heterocycles. The van der Waals surface area contributed by atoms with Crippen LogP contribution < -0.4 is 5.32 Å². The molecule has 0 aliphatic heterocycles. The molecule has 1 N–H and O–H groups in total. The first-order valence-electron chi connectivity index (χ1n) is 7.89. The van der Waals surface area contributed by atoms with Crippen LogP contribution in [0.15, 0.2) is 41.3 Å². The van der Waals surface area contributed by atoms with Crippen LogP contribution in [0.1, 0.15) is 22.8 Å². The Bertz CT molecular complexity index is 866. The maximum absolute atomic E-state index is 12.3. The Morgan fingerprint density at radius 3 is 2.37 bits per heavy atom. The smallest absolute Gasteiger partial charge is 0.310 e. The minimum absolute atomic E-state index is 0.131. The zero-order valence-electron chi connectivity index (χ0n) is 14.7. The predicted octanol–water partition coefficient (Wildman–Crippen LogP) is 4.64. The number of hydrogen-bond acceptors (Lipinski definition) is 5. The normalized spacial score (nSPS) is 10.4. The molecule has 0 aliphatic rings. The van der Waals surface area contributed by atoms with Gasteiger partial charge in [0.25, 0.3) is 0 Å². The van der Waals surface area contributed by atoms with Crippen molar-refractivity contribution < 1.29 is 19.1 Å². The predicted molar refractivity (Wildman–Crippen MR) is 108 cm³/mol. The molecule has 0 fully saturated rings. The van der Waals surface area contributed by atoms with E-state index in [2.05, 4.69) is 5.32 Å². The zero-order valence-corrected chi connectivity index (χ0v) is 17.0. The van der Waals surface area contributed by atoms with Crippen molar-refractivity contribution in [3.8, 4) is 0 Å². The first-order valence-corrected chi connectivity index (χ1v) is 9.87. The summed E-state index contributed by atoms with van der Waals surface area (Å²) < 4.78 is 5.05. The summed E-state index contributed by atoms with van der Waals surface area (Å²) in [7, 11) is 0. The van der Waals surface area contributed by atoms with Crippen molar-refractivity contribution >= 4 is 58.3 Å². The first kappa shape index (κ1) is 21.3. The molecule has 2 aromatic rings. The van der Waals surface area contributed by atoms with E-state index in [0.29, 0.717) is 26.9 Å². The number of thioether (sulfide) groups is 1. The summed E-state index contributed by atoms with van der Waals surface area (Å²) in [6.45, 7) is 0.971. The summed E-state index contributed by atoms with van der Waals surface area (Å²) in [5.41, 5.74) is 1.32. The fourth-order valence-corrected chi connectivity index (χ4v) is 3.36. The number of anilines is 1. The highest BCUT2D eigenvalue weighted by Gasteiger charge is 2.15. The minimum Gasteiger partial charge on any atom is -0.457 e. The summed E-state index contributed by atoms with van der Waals surface area (Å²) in [5, 5.41) is 3.40. The second-order valence-electron chi connectivity index (χ2n) is 5.56. The molecule has 0 aliphatic carbocycles. The van der Waals surface area contributed by atoms with Crippen molar-refractivity contribution in [1.29, 1.82) is 0 Å². The number of rotatable bonds is 7. The van der Waals surface area contributed by atoms with E-state index in [1.165, 1.54) is 18.7 Å². The van der Waals surface area contributed by atoms with Gasteiger partial charge in [0.15, 0.2) is 12.4 Å². The average molecular weight is 426 g/mol. The van der Waals surface area contributed by atoms with Crippen LogP contribution in [0, 0.1) is 0 Å². The summed E-state index contributed by atoms with van der Waals surface area (Å²) >= 11 is 13.5. The molecule has 27 heavy (non-hydrogen) atoms. The number of benzene rings is 2. The van der Waals surface area contributed by atoms with E-state index < -0.39 is 12.6 Å². The van der Waals surface area contributed by atoms with E-state index in [1.54, 1.807) is 36.4 Å². The molecule has 0 aromatic heterocycles. The van der Waals surface area contributed by atoms with Gasteiger partial charge in [0.05, 0.1) is 12.1 Å². The van der Waals surface area contributed by atoms with Crippen molar-refractivity contribution in [2.45, 2.75) is 18.2 Å². The molecular weight excluding hydrogens is 409 g/mol. The number of nitrogens with one attached hydrogen (secondary N) is 1. The molecule has 0 unspecified atom stereocenters. The van der Waals surface area contributed by atoms with Crippen LogP contribution in [0.5, 0.6) is 0 Å². The molecule has 142 valence electrons. The monoisotopic (exact) mass is 425 g/mol. The third-order valence-electron chi connectivity index (χ3n) is 3.58. The van der Waals surface area contributed by atoms with Crippen LogP contribution in [0.4, 0.5) is 5.69 Å². The number of carbonyl (C=O) groups is 3. The second kappa shape index (κ2) is 9.78. The maximum atomic E-state index is 12.3. The third kappa shape index (κ3) is 5.99.